The van der Waals surface area contributed by atoms with Gasteiger partial charge in [0.25, 0.3) is 0 Å². The second-order valence-corrected chi connectivity index (χ2v) is 19.1. The second kappa shape index (κ2) is 45.8. The van der Waals surface area contributed by atoms with Gasteiger partial charge in [0.2, 0.25) is 0 Å². The summed E-state index contributed by atoms with van der Waals surface area (Å²) >= 11 is 0. The van der Waals surface area contributed by atoms with Crippen LogP contribution in [-0.2, 0) is 37.5 Å². The van der Waals surface area contributed by atoms with E-state index < -0.39 is 51.1 Å². The average Bonchev–Trinajstić information content (AvgIpc) is 3.25. The topological polar surface area (TPSA) is 172 Å². The highest BCUT2D eigenvalue weighted by Crippen LogP contribution is 2.43. The zero-order chi connectivity index (χ0) is 45.6. The highest BCUT2D eigenvalue weighted by Gasteiger charge is 2.28. The van der Waals surface area contributed by atoms with Crippen LogP contribution in [0.15, 0.2) is 12.2 Å². The summed E-state index contributed by atoms with van der Waals surface area (Å²) in [5.74, 6) is -2.40. The number of phosphoric ester groups is 1. The third-order valence-corrected chi connectivity index (χ3v) is 12.5. The zero-order valence-electron chi connectivity index (χ0n) is 40.0. The molecule has 0 aromatic rings. The fraction of sp³-hybridized carbons (Fsp3) is 0.900. The van der Waals surface area contributed by atoms with Gasteiger partial charge in [-0.25, -0.2) is 4.57 Å². The second-order valence-electron chi connectivity index (χ2n) is 17.7. The molecule has 0 amide bonds. The Morgan fingerprint density at radius 1 is 0.484 bits per heavy atom. The molecule has 1 unspecified atom stereocenters. The molecule has 0 rings (SSSR count). The van der Waals surface area contributed by atoms with Crippen molar-refractivity contribution in [3.8, 4) is 0 Å². The quantitative estimate of drug-likeness (QED) is 0.0230. The number of nitrogens with two attached hydrogens (primary N) is 1. The molecule has 0 radical (unpaired) electrons. The molecule has 0 aliphatic heterocycles. The lowest BCUT2D eigenvalue weighted by atomic mass is 10.0. The molecule has 0 aromatic carbocycles. The molecule has 0 spiro atoms. The van der Waals surface area contributed by atoms with Gasteiger partial charge >= 0.3 is 25.7 Å². The number of rotatable bonds is 49. The van der Waals surface area contributed by atoms with Crippen LogP contribution in [0.2, 0.25) is 0 Å². The Bertz CT molecular complexity index is 1110. The van der Waals surface area contributed by atoms with Gasteiger partial charge in [-0.1, -0.05) is 225 Å². The molecule has 0 saturated heterocycles. The minimum absolute atomic E-state index is 0.119. The number of ether oxygens (including phenoxy) is 2. The maximum absolute atomic E-state index is 12.7. The van der Waals surface area contributed by atoms with Crippen LogP contribution in [-0.4, -0.2) is 59.9 Å². The van der Waals surface area contributed by atoms with E-state index in [0.717, 1.165) is 32.1 Å². The van der Waals surface area contributed by atoms with Crippen molar-refractivity contribution in [3.05, 3.63) is 12.2 Å². The first-order valence-corrected chi connectivity index (χ1v) is 27.2. The standard InChI is InChI=1S/C50H96NO10P/c1-3-5-7-9-11-13-15-17-19-20-21-22-23-24-25-26-28-30-32-34-36-38-40-42-49(53)61-46(44-59-62(56,57)60-45-47(51)50(54)55)43-58-48(52)41-39-37-35-33-31-29-27-18-16-14-12-10-8-6-4-2/h34,36,46-47H,3-33,35,37-45,51H2,1-2H3,(H,54,55)(H,56,57)/b36-34+/t46-,47-/m0/s1. The van der Waals surface area contributed by atoms with E-state index in [9.17, 15) is 23.8 Å². The normalized spacial score (nSPS) is 13.6. The van der Waals surface area contributed by atoms with Crippen molar-refractivity contribution in [2.24, 2.45) is 5.73 Å². The number of carboxylic acid groups (broad SMARTS) is 1. The lowest BCUT2D eigenvalue weighted by molar-refractivity contribution is -0.161. The van der Waals surface area contributed by atoms with Gasteiger partial charge in [-0.15, -0.1) is 0 Å². The summed E-state index contributed by atoms with van der Waals surface area (Å²) < 4.78 is 32.8. The predicted molar refractivity (Wildman–Crippen MR) is 254 cm³/mol. The summed E-state index contributed by atoms with van der Waals surface area (Å²) in [5, 5.41) is 8.91. The maximum atomic E-state index is 12.7. The summed E-state index contributed by atoms with van der Waals surface area (Å²) in [6, 6.07) is -1.52. The van der Waals surface area contributed by atoms with Gasteiger partial charge in [0, 0.05) is 12.8 Å². The first-order valence-electron chi connectivity index (χ1n) is 25.7. The van der Waals surface area contributed by atoms with Gasteiger partial charge in [0.05, 0.1) is 13.2 Å². The van der Waals surface area contributed by atoms with E-state index in [1.807, 2.05) is 0 Å². The number of carboxylic acids is 1. The van der Waals surface area contributed by atoms with Crippen molar-refractivity contribution in [1.82, 2.24) is 0 Å². The minimum atomic E-state index is -4.72. The summed E-state index contributed by atoms with van der Waals surface area (Å²) in [4.78, 5) is 46.1. The van der Waals surface area contributed by atoms with E-state index in [0.29, 0.717) is 19.3 Å². The Balaban J connectivity index is 4.22. The molecule has 11 nitrogen and oxygen atoms in total. The van der Waals surface area contributed by atoms with Gasteiger partial charge in [-0.2, -0.15) is 0 Å². The predicted octanol–water partition coefficient (Wildman–Crippen LogP) is 14.4. The number of esters is 2. The summed E-state index contributed by atoms with van der Waals surface area (Å²) in [6.45, 7) is 2.83. The lowest BCUT2D eigenvalue weighted by Gasteiger charge is -2.20. The molecule has 3 atom stereocenters. The third-order valence-electron chi connectivity index (χ3n) is 11.5. The van der Waals surface area contributed by atoms with E-state index in [2.05, 4.69) is 30.5 Å². The highest BCUT2D eigenvalue weighted by atomic mass is 31.2. The van der Waals surface area contributed by atoms with Crippen molar-refractivity contribution >= 4 is 25.7 Å². The maximum Gasteiger partial charge on any atom is 0.472 e. The van der Waals surface area contributed by atoms with Crippen LogP contribution in [0.5, 0.6) is 0 Å². The molecule has 0 aliphatic carbocycles. The monoisotopic (exact) mass is 902 g/mol. The van der Waals surface area contributed by atoms with Gasteiger partial charge in [-0.3, -0.25) is 23.4 Å². The number of hydrogen-bond donors (Lipinski definition) is 3. The Labute approximate surface area is 379 Å². The molecular weight excluding hydrogens is 806 g/mol. The number of hydrogen-bond acceptors (Lipinski definition) is 9. The fourth-order valence-electron chi connectivity index (χ4n) is 7.48. The molecule has 0 aliphatic rings. The van der Waals surface area contributed by atoms with Crippen molar-refractivity contribution in [2.75, 3.05) is 19.8 Å². The molecule has 0 bridgehead atoms. The smallest absolute Gasteiger partial charge is 0.472 e. The molecule has 0 saturated carbocycles. The van der Waals surface area contributed by atoms with Crippen LogP contribution in [0.4, 0.5) is 0 Å². The van der Waals surface area contributed by atoms with E-state index in [-0.39, 0.29) is 19.4 Å². The van der Waals surface area contributed by atoms with Gasteiger partial charge < -0.3 is 25.2 Å². The van der Waals surface area contributed by atoms with E-state index in [1.54, 1.807) is 0 Å². The average molecular weight is 902 g/mol. The number of allylic oxidation sites excluding steroid dienone is 2. The van der Waals surface area contributed by atoms with Crippen LogP contribution < -0.4 is 5.73 Å². The summed E-state index contributed by atoms with van der Waals surface area (Å²) in [5.41, 5.74) is 5.35. The van der Waals surface area contributed by atoms with Crippen LogP contribution >= 0.6 is 7.82 Å². The van der Waals surface area contributed by atoms with Crippen LogP contribution in [0.3, 0.4) is 0 Å². The molecule has 12 heteroatoms. The van der Waals surface area contributed by atoms with Gasteiger partial charge in [-0.05, 0) is 32.1 Å². The Morgan fingerprint density at radius 3 is 1.23 bits per heavy atom. The van der Waals surface area contributed by atoms with Crippen LogP contribution in [0.1, 0.15) is 258 Å². The molecular formula is C50H96NO10P. The van der Waals surface area contributed by atoms with Crippen LogP contribution in [0, 0.1) is 0 Å². The lowest BCUT2D eigenvalue weighted by Crippen LogP contribution is -2.34. The molecule has 0 heterocycles. The molecule has 0 aromatic heterocycles. The van der Waals surface area contributed by atoms with Crippen molar-refractivity contribution in [3.63, 3.8) is 0 Å². The number of phosphoric acid groups is 1. The summed E-state index contributed by atoms with van der Waals surface area (Å²) in [7, 11) is -4.72. The minimum Gasteiger partial charge on any atom is -0.480 e. The van der Waals surface area contributed by atoms with Gasteiger partial charge in [0.15, 0.2) is 6.10 Å². The van der Waals surface area contributed by atoms with E-state index in [4.69, 9.17) is 24.8 Å². The molecule has 4 N–H and O–H groups in total. The van der Waals surface area contributed by atoms with Crippen molar-refractivity contribution < 1.29 is 47.5 Å². The number of carbonyl (C=O) groups is 3. The number of unbranched alkanes of at least 4 members (excludes halogenated alkanes) is 33. The fourth-order valence-corrected chi connectivity index (χ4v) is 8.26. The Hall–Kier alpha value is -1.78. The van der Waals surface area contributed by atoms with Crippen LogP contribution in [0.25, 0.3) is 0 Å². The summed E-state index contributed by atoms with van der Waals surface area (Å²) in [6.07, 6.45) is 48.6. The van der Waals surface area contributed by atoms with Crippen molar-refractivity contribution in [1.29, 1.82) is 0 Å². The molecule has 366 valence electrons. The number of aliphatic carboxylic acids is 1. The molecule has 62 heavy (non-hydrogen) atoms. The van der Waals surface area contributed by atoms with E-state index >= 15 is 0 Å². The third kappa shape index (κ3) is 44.8. The Kier molecular flexibility index (Phi) is 44.5. The number of carbonyl (C=O) groups excluding carboxylic acids is 2. The Morgan fingerprint density at radius 2 is 0.823 bits per heavy atom. The highest BCUT2D eigenvalue weighted by molar-refractivity contribution is 7.47. The SMILES string of the molecule is CCCCCCCCCCCCCCCCCCCC/C=C/CCCC(=O)O[C@@H](COC(=O)CCCCCCCCCCCCCCCCC)COP(=O)(O)OC[C@H](N)C(=O)O. The van der Waals surface area contributed by atoms with E-state index in [1.165, 1.54) is 180 Å². The van der Waals surface area contributed by atoms with Crippen molar-refractivity contribution in [2.45, 2.75) is 270 Å². The first kappa shape index (κ1) is 60.2. The zero-order valence-corrected chi connectivity index (χ0v) is 40.9. The molecule has 0 fully saturated rings. The van der Waals surface area contributed by atoms with Gasteiger partial charge in [0.1, 0.15) is 12.6 Å². The first-order chi connectivity index (χ1) is 30.1. The largest absolute Gasteiger partial charge is 0.480 e.